The third kappa shape index (κ3) is 2.18. The number of nitrogens with zero attached hydrogens (tertiary/aromatic N) is 2. The van der Waals surface area contributed by atoms with Gasteiger partial charge in [-0.1, -0.05) is 17.2 Å². The van der Waals surface area contributed by atoms with E-state index in [1.54, 1.807) is 11.3 Å². The summed E-state index contributed by atoms with van der Waals surface area (Å²) in [4.78, 5) is 7.08. The van der Waals surface area contributed by atoms with Crippen LogP contribution in [0.25, 0.3) is 15.8 Å². The van der Waals surface area contributed by atoms with E-state index in [2.05, 4.69) is 24.9 Å². The molecule has 1 aliphatic heterocycles. The summed E-state index contributed by atoms with van der Waals surface area (Å²) in [6, 6.07) is 5.94. The van der Waals surface area contributed by atoms with Gasteiger partial charge in [-0.15, -0.1) is 11.3 Å². The van der Waals surface area contributed by atoms with E-state index in [1.807, 2.05) is 12.1 Å². The Morgan fingerprint density at radius 1 is 1.39 bits per heavy atom. The Morgan fingerprint density at radius 2 is 2.22 bits per heavy atom. The first-order valence-electron chi connectivity index (χ1n) is 6.07. The van der Waals surface area contributed by atoms with Gasteiger partial charge in [-0.05, 0) is 44.2 Å². The van der Waals surface area contributed by atoms with Crippen LogP contribution in [0.15, 0.2) is 23.8 Å². The minimum Gasteiger partial charge on any atom is -0.302 e. The molecule has 3 rings (SSSR count). The maximum atomic E-state index is 6.01. The smallest absolute Gasteiger partial charge is 0.120 e. The number of rotatable bonds is 1. The third-order valence-electron chi connectivity index (χ3n) is 3.37. The fourth-order valence-electron chi connectivity index (χ4n) is 2.41. The van der Waals surface area contributed by atoms with Crippen molar-refractivity contribution in [1.82, 2.24) is 9.88 Å². The molecule has 4 heteroatoms. The molecule has 0 atom stereocenters. The zero-order valence-electron chi connectivity index (χ0n) is 10.5. The summed E-state index contributed by atoms with van der Waals surface area (Å²) >= 11 is 7.78. The molecular formula is C14H15ClN2S. The molecule has 2 aromatic rings. The molecule has 0 amide bonds. The zero-order valence-corrected chi connectivity index (χ0v) is 12.1. The third-order valence-corrected chi connectivity index (χ3v) is 4.70. The van der Waals surface area contributed by atoms with Crippen LogP contribution < -0.4 is 0 Å². The number of likely N-dealkylation sites (N-methyl/N-ethyl adjacent to an activating group) is 1. The van der Waals surface area contributed by atoms with Crippen molar-refractivity contribution in [1.29, 1.82) is 0 Å². The average molecular weight is 279 g/mol. The Morgan fingerprint density at radius 3 is 3.00 bits per heavy atom. The first kappa shape index (κ1) is 12.2. The Labute approximate surface area is 116 Å². The topological polar surface area (TPSA) is 16.1 Å². The summed E-state index contributed by atoms with van der Waals surface area (Å²) in [5.74, 6) is 0. The van der Waals surface area contributed by atoms with Crippen molar-refractivity contribution >= 4 is 38.7 Å². The van der Waals surface area contributed by atoms with Crippen molar-refractivity contribution in [3.8, 4) is 0 Å². The number of benzene rings is 1. The Hall–Kier alpha value is -0.900. The van der Waals surface area contributed by atoms with Crippen molar-refractivity contribution in [2.75, 3.05) is 20.1 Å². The van der Waals surface area contributed by atoms with Crippen molar-refractivity contribution in [2.45, 2.75) is 13.3 Å². The monoisotopic (exact) mass is 278 g/mol. The summed E-state index contributed by atoms with van der Waals surface area (Å²) < 4.78 is 1.22. The fraction of sp³-hybridized carbons (Fsp3) is 0.357. The number of thiazole rings is 1. The summed E-state index contributed by atoms with van der Waals surface area (Å²) in [6.45, 7) is 4.37. The predicted molar refractivity (Wildman–Crippen MR) is 79.3 cm³/mol. The minimum absolute atomic E-state index is 0.758. The molecule has 0 saturated heterocycles. The van der Waals surface area contributed by atoms with Gasteiger partial charge in [0.2, 0.25) is 0 Å². The van der Waals surface area contributed by atoms with Gasteiger partial charge in [0, 0.05) is 18.1 Å². The highest BCUT2D eigenvalue weighted by Gasteiger charge is 2.17. The maximum absolute atomic E-state index is 6.01. The van der Waals surface area contributed by atoms with Gasteiger partial charge in [-0.25, -0.2) is 4.98 Å². The lowest BCUT2D eigenvalue weighted by Gasteiger charge is -2.25. The summed E-state index contributed by atoms with van der Waals surface area (Å²) in [6.07, 6.45) is 1.09. The molecule has 94 valence electrons. The molecule has 0 aliphatic carbocycles. The first-order valence-corrected chi connectivity index (χ1v) is 7.26. The van der Waals surface area contributed by atoms with Crippen LogP contribution in [0, 0.1) is 0 Å². The lowest BCUT2D eigenvalue weighted by atomic mass is 10.0. The van der Waals surface area contributed by atoms with E-state index >= 15 is 0 Å². The average Bonchev–Trinajstić information content (AvgIpc) is 2.71. The second kappa shape index (κ2) is 4.65. The summed E-state index contributed by atoms with van der Waals surface area (Å²) in [5, 5.41) is 1.92. The van der Waals surface area contributed by atoms with Crippen molar-refractivity contribution in [2.24, 2.45) is 0 Å². The summed E-state index contributed by atoms with van der Waals surface area (Å²) in [7, 11) is 2.17. The number of fused-ring (bicyclic) bond motifs is 1. The molecule has 1 aromatic carbocycles. The molecule has 18 heavy (non-hydrogen) atoms. The molecule has 0 bridgehead atoms. The van der Waals surface area contributed by atoms with E-state index in [4.69, 9.17) is 16.6 Å². The quantitative estimate of drug-likeness (QED) is 0.782. The van der Waals surface area contributed by atoms with E-state index in [1.165, 1.54) is 15.8 Å². The lowest BCUT2D eigenvalue weighted by Crippen LogP contribution is -2.26. The van der Waals surface area contributed by atoms with Gasteiger partial charge < -0.3 is 4.90 Å². The van der Waals surface area contributed by atoms with E-state index in [0.29, 0.717) is 0 Å². The Balaban J connectivity index is 2.07. The van der Waals surface area contributed by atoms with Crippen molar-refractivity contribution < 1.29 is 0 Å². The van der Waals surface area contributed by atoms with Gasteiger partial charge >= 0.3 is 0 Å². The SMILES string of the molecule is CC1=C(c2nc3cc(Cl)ccc3s2)CCN(C)C1. The molecule has 2 heterocycles. The van der Waals surface area contributed by atoms with Gasteiger partial charge in [0.25, 0.3) is 0 Å². The van der Waals surface area contributed by atoms with Gasteiger partial charge in [0.05, 0.1) is 10.2 Å². The van der Waals surface area contributed by atoms with Crippen LogP contribution in [0.1, 0.15) is 18.4 Å². The van der Waals surface area contributed by atoms with E-state index in [9.17, 15) is 0 Å². The van der Waals surface area contributed by atoms with Crippen LogP contribution in [0.3, 0.4) is 0 Å². The molecule has 2 nitrogen and oxygen atoms in total. The molecule has 0 N–H and O–H groups in total. The van der Waals surface area contributed by atoms with Crippen LogP contribution in [-0.2, 0) is 0 Å². The normalized spacial score (nSPS) is 17.7. The van der Waals surface area contributed by atoms with Crippen LogP contribution >= 0.6 is 22.9 Å². The number of aromatic nitrogens is 1. The van der Waals surface area contributed by atoms with Crippen LogP contribution in [0.2, 0.25) is 5.02 Å². The molecule has 0 unspecified atom stereocenters. The highest BCUT2D eigenvalue weighted by atomic mass is 35.5. The lowest BCUT2D eigenvalue weighted by molar-refractivity contribution is 0.359. The molecule has 0 saturated carbocycles. The van der Waals surface area contributed by atoms with Gasteiger partial charge in [0.1, 0.15) is 5.01 Å². The number of hydrogen-bond donors (Lipinski definition) is 0. The second-order valence-corrected chi connectivity index (χ2v) is 6.34. The Kier molecular flexibility index (Phi) is 3.14. The molecule has 0 spiro atoms. The standard InChI is InChI=1S/C14H15ClN2S/c1-9-8-17(2)6-5-11(9)14-16-12-7-10(15)3-4-13(12)18-14/h3-4,7H,5-6,8H2,1-2H3. The van der Waals surface area contributed by atoms with Crippen LogP contribution in [-0.4, -0.2) is 30.0 Å². The van der Waals surface area contributed by atoms with Gasteiger partial charge in [0.15, 0.2) is 0 Å². The van der Waals surface area contributed by atoms with Crippen molar-refractivity contribution in [3.05, 3.63) is 33.8 Å². The first-order chi connectivity index (χ1) is 8.63. The number of hydrogen-bond acceptors (Lipinski definition) is 3. The van der Waals surface area contributed by atoms with Crippen molar-refractivity contribution in [3.63, 3.8) is 0 Å². The van der Waals surface area contributed by atoms with E-state index in [0.717, 1.165) is 35.1 Å². The second-order valence-electron chi connectivity index (χ2n) is 4.88. The van der Waals surface area contributed by atoms with Crippen LogP contribution in [0.5, 0.6) is 0 Å². The fourth-order valence-corrected chi connectivity index (χ4v) is 3.68. The van der Waals surface area contributed by atoms with E-state index in [-0.39, 0.29) is 0 Å². The molecule has 1 aromatic heterocycles. The molecule has 0 fully saturated rings. The molecular weight excluding hydrogens is 264 g/mol. The molecule has 0 radical (unpaired) electrons. The number of halogens is 1. The molecule has 1 aliphatic rings. The minimum atomic E-state index is 0.758. The maximum Gasteiger partial charge on any atom is 0.120 e. The highest BCUT2D eigenvalue weighted by Crippen LogP contribution is 2.33. The largest absolute Gasteiger partial charge is 0.302 e. The predicted octanol–water partition coefficient (Wildman–Crippen LogP) is 4.06. The highest BCUT2D eigenvalue weighted by molar-refractivity contribution is 7.19. The van der Waals surface area contributed by atoms with Gasteiger partial charge in [-0.2, -0.15) is 0 Å². The zero-order chi connectivity index (χ0) is 12.7. The Bertz CT molecular complexity index is 630. The van der Waals surface area contributed by atoms with Crippen LogP contribution in [0.4, 0.5) is 0 Å². The van der Waals surface area contributed by atoms with E-state index < -0.39 is 0 Å². The van der Waals surface area contributed by atoms with Gasteiger partial charge in [-0.3, -0.25) is 0 Å². The summed E-state index contributed by atoms with van der Waals surface area (Å²) in [5.41, 5.74) is 3.88.